The maximum Gasteiger partial charge on any atom is 0.338 e. The molecular weight excluding hydrogens is 532 g/mol. The van der Waals surface area contributed by atoms with Gasteiger partial charge in [-0.3, -0.25) is 4.79 Å². The average Bonchev–Trinajstić information content (AvgIpc) is 3.23. The van der Waals surface area contributed by atoms with Crippen LogP contribution >= 0.6 is 0 Å². The van der Waals surface area contributed by atoms with E-state index < -0.39 is 45.9 Å². The Morgan fingerprint density at radius 1 is 1.00 bits per heavy atom. The Morgan fingerprint density at radius 3 is 2.33 bits per heavy atom. The molecule has 0 unspecified atom stereocenters. The topological polar surface area (TPSA) is 110 Å². The van der Waals surface area contributed by atoms with Crippen LogP contribution in [-0.2, 0) is 19.1 Å². The van der Waals surface area contributed by atoms with Crippen molar-refractivity contribution < 1.29 is 34.1 Å². The molecule has 0 heterocycles. The molecule has 0 spiro atoms. The Balaban J connectivity index is 1.48. The van der Waals surface area contributed by atoms with Gasteiger partial charge in [0, 0.05) is 29.7 Å². The molecule has 1 aromatic carbocycles. The second-order valence-electron chi connectivity index (χ2n) is 14.0. The fourth-order valence-electron chi connectivity index (χ4n) is 8.84. The Morgan fingerprint density at radius 2 is 1.69 bits per heavy atom. The molecule has 3 fully saturated rings. The summed E-state index contributed by atoms with van der Waals surface area (Å²) in [6.07, 6.45) is 5.56. The molecule has 0 bridgehead atoms. The van der Waals surface area contributed by atoms with Gasteiger partial charge in [0.2, 0.25) is 0 Å². The zero-order chi connectivity index (χ0) is 30.7. The van der Waals surface area contributed by atoms with Crippen molar-refractivity contribution in [3.05, 3.63) is 59.2 Å². The molecule has 4 aliphatic carbocycles. The smallest absolute Gasteiger partial charge is 0.338 e. The van der Waals surface area contributed by atoms with Gasteiger partial charge in [-0.15, -0.1) is 0 Å². The summed E-state index contributed by atoms with van der Waals surface area (Å²) in [5.41, 5.74) is -2.25. The molecule has 3 saturated carbocycles. The van der Waals surface area contributed by atoms with E-state index in [0.29, 0.717) is 37.7 Å². The van der Waals surface area contributed by atoms with Gasteiger partial charge in [0.1, 0.15) is 29.2 Å². The Hall–Kier alpha value is -2.77. The fraction of sp³-hybridized carbons (Fsp3) is 0.629. The third kappa shape index (κ3) is 4.59. The molecule has 1 aromatic rings. The molecule has 8 atom stereocenters. The Labute approximate surface area is 249 Å². The van der Waals surface area contributed by atoms with Crippen LogP contribution in [0.3, 0.4) is 0 Å². The number of allylic oxidation sites excluding steroid dienone is 1. The first-order chi connectivity index (χ1) is 19.7. The summed E-state index contributed by atoms with van der Waals surface area (Å²) in [5, 5.41) is 25.2. The van der Waals surface area contributed by atoms with Gasteiger partial charge in [0.05, 0.1) is 5.56 Å². The zero-order valence-corrected chi connectivity index (χ0v) is 25.8. The Kier molecular flexibility index (Phi) is 7.85. The molecule has 0 aromatic heterocycles. The number of carbonyl (C=O) groups is 3. The SMILES string of the molecule is CC(=O)[C@@H]1CC[C@@]2(O)[C@]1(C)[C@H](OC(=O)/C=C(\C)C(C)C)C[C@@H]1[C@@]3(C)CC[C@H](OC(=O)c4ccccc4)CC3=CC[C@]12O. The number of benzene rings is 1. The van der Waals surface area contributed by atoms with Gasteiger partial charge in [-0.25, -0.2) is 9.59 Å². The number of hydrogen-bond acceptors (Lipinski definition) is 7. The van der Waals surface area contributed by atoms with E-state index >= 15 is 0 Å². The summed E-state index contributed by atoms with van der Waals surface area (Å²) >= 11 is 0. The van der Waals surface area contributed by atoms with Gasteiger partial charge in [-0.05, 0) is 75.8 Å². The molecule has 2 N–H and O–H groups in total. The lowest BCUT2D eigenvalue weighted by atomic mass is 9.43. The lowest BCUT2D eigenvalue weighted by Crippen LogP contribution is -2.75. The molecule has 0 saturated heterocycles. The van der Waals surface area contributed by atoms with Gasteiger partial charge in [-0.2, -0.15) is 0 Å². The van der Waals surface area contributed by atoms with Crippen LogP contribution in [0.1, 0.15) is 96.8 Å². The van der Waals surface area contributed by atoms with Crippen molar-refractivity contribution in [3.63, 3.8) is 0 Å². The quantitative estimate of drug-likeness (QED) is 0.252. The number of ether oxygens (including phenoxy) is 2. The second-order valence-corrected chi connectivity index (χ2v) is 14.0. The van der Waals surface area contributed by atoms with Crippen molar-refractivity contribution in [2.45, 2.75) is 110 Å². The number of hydrogen-bond donors (Lipinski definition) is 2. The van der Waals surface area contributed by atoms with E-state index in [0.717, 1.165) is 11.1 Å². The first-order valence-electron chi connectivity index (χ1n) is 15.5. The van der Waals surface area contributed by atoms with Gasteiger partial charge < -0.3 is 19.7 Å². The summed E-state index contributed by atoms with van der Waals surface area (Å²) in [5.74, 6) is -1.67. The van der Waals surface area contributed by atoms with E-state index in [1.54, 1.807) is 12.1 Å². The molecule has 0 radical (unpaired) electrons. The summed E-state index contributed by atoms with van der Waals surface area (Å²) in [4.78, 5) is 38.9. The van der Waals surface area contributed by atoms with Crippen LogP contribution in [0.2, 0.25) is 0 Å². The summed E-state index contributed by atoms with van der Waals surface area (Å²) in [6, 6.07) is 8.95. The van der Waals surface area contributed by atoms with Crippen molar-refractivity contribution in [2.24, 2.45) is 28.6 Å². The molecule has 228 valence electrons. The number of rotatable bonds is 6. The number of aliphatic hydroxyl groups is 2. The van der Waals surface area contributed by atoms with Crippen LogP contribution in [0.5, 0.6) is 0 Å². The minimum Gasteiger partial charge on any atom is -0.458 e. The molecule has 0 aliphatic heterocycles. The largest absolute Gasteiger partial charge is 0.458 e. The zero-order valence-electron chi connectivity index (χ0n) is 25.8. The first-order valence-corrected chi connectivity index (χ1v) is 15.5. The van der Waals surface area contributed by atoms with Gasteiger partial charge >= 0.3 is 11.9 Å². The molecule has 42 heavy (non-hydrogen) atoms. The van der Waals surface area contributed by atoms with Gasteiger partial charge in [0.15, 0.2) is 0 Å². The standard InChI is InChI=1S/C35H46O7/c1-21(2)22(3)18-30(37)42-29-20-28-32(5)15-13-26(41-31(38)24-10-8-7-9-11-24)19-25(32)12-16-34(28,39)35(40)17-14-27(23(4)36)33(29,35)6/h7-12,18,21,26-29,39-40H,13-17,19-20H2,1-6H3/b22-18+/t26-,27-,28+,29+,32-,33-,34-,35+/m0/s1. The van der Waals surface area contributed by atoms with E-state index in [4.69, 9.17) is 9.47 Å². The first kappa shape index (κ1) is 30.7. The minimum atomic E-state index is -1.62. The highest BCUT2D eigenvalue weighted by Gasteiger charge is 2.77. The van der Waals surface area contributed by atoms with Crippen LogP contribution in [0, 0.1) is 28.6 Å². The number of esters is 2. The molecule has 0 amide bonds. The minimum absolute atomic E-state index is 0.0654. The van der Waals surface area contributed by atoms with Crippen molar-refractivity contribution >= 4 is 17.7 Å². The van der Waals surface area contributed by atoms with Crippen LogP contribution in [0.25, 0.3) is 0 Å². The third-order valence-corrected chi connectivity index (χ3v) is 11.7. The predicted molar refractivity (Wildman–Crippen MR) is 158 cm³/mol. The molecule has 7 heteroatoms. The molecule has 4 aliphatic rings. The van der Waals surface area contributed by atoms with Crippen LogP contribution in [-0.4, -0.2) is 51.3 Å². The lowest BCUT2D eigenvalue weighted by molar-refractivity contribution is -0.299. The van der Waals surface area contributed by atoms with Crippen molar-refractivity contribution in [1.29, 1.82) is 0 Å². The highest BCUT2D eigenvalue weighted by atomic mass is 16.5. The molecule has 7 nitrogen and oxygen atoms in total. The van der Waals surface area contributed by atoms with E-state index in [9.17, 15) is 24.6 Å². The monoisotopic (exact) mass is 578 g/mol. The van der Waals surface area contributed by atoms with E-state index in [1.165, 1.54) is 13.0 Å². The highest BCUT2D eigenvalue weighted by molar-refractivity contribution is 5.89. The summed E-state index contributed by atoms with van der Waals surface area (Å²) in [6.45, 7) is 11.4. The predicted octanol–water partition coefficient (Wildman–Crippen LogP) is 5.73. The van der Waals surface area contributed by atoms with Crippen molar-refractivity contribution in [3.8, 4) is 0 Å². The maximum absolute atomic E-state index is 13.2. The Bertz CT molecular complexity index is 1310. The van der Waals surface area contributed by atoms with Gasteiger partial charge in [0.25, 0.3) is 0 Å². The third-order valence-electron chi connectivity index (χ3n) is 11.7. The second kappa shape index (κ2) is 10.7. The van der Waals surface area contributed by atoms with E-state index in [-0.39, 0.29) is 36.6 Å². The fourth-order valence-corrected chi connectivity index (χ4v) is 8.84. The average molecular weight is 579 g/mol. The van der Waals surface area contributed by atoms with Crippen molar-refractivity contribution in [2.75, 3.05) is 0 Å². The lowest BCUT2D eigenvalue weighted by Gasteiger charge is -2.66. The summed E-state index contributed by atoms with van der Waals surface area (Å²) in [7, 11) is 0. The number of Topliss-reactive ketones (excluding diaryl/α,β-unsaturated/α-hetero) is 1. The van der Waals surface area contributed by atoms with Gasteiger partial charge in [-0.1, -0.05) is 63.1 Å². The number of fused-ring (bicyclic) bond motifs is 5. The van der Waals surface area contributed by atoms with Crippen LogP contribution in [0.15, 0.2) is 53.6 Å². The highest BCUT2D eigenvalue weighted by Crippen LogP contribution is 2.70. The number of carbonyl (C=O) groups excluding carboxylic acids is 3. The van der Waals surface area contributed by atoms with Crippen LogP contribution in [0.4, 0.5) is 0 Å². The molecular formula is C35H46O7. The normalized spacial score (nSPS) is 39.5. The van der Waals surface area contributed by atoms with E-state index in [2.05, 4.69) is 6.92 Å². The van der Waals surface area contributed by atoms with Crippen LogP contribution < -0.4 is 0 Å². The molecule has 5 rings (SSSR count). The number of ketones is 1. The summed E-state index contributed by atoms with van der Waals surface area (Å²) < 4.78 is 12.1. The maximum atomic E-state index is 13.2. The van der Waals surface area contributed by atoms with Crippen molar-refractivity contribution in [1.82, 2.24) is 0 Å². The van der Waals surface area contributed by atoms with E-state index in [1.807, 2.05) is 52.0 Å².